The number of halogens is 3. The van der Waals surface area contributed by atoms with Gasteiger partial charge in [0.1, 0.15) is 11.6 Å². The Morgan fingerprint density at radius 1 is 1.20 bits per heavy atom. The van der Waals surface area contributed by atoms with Gasteiger partial charge in [0.05, 0.1) is 0 Å². The molecule has 1 unspecified atom stereocenters. The lowest BCUT2D eigenvalue weighted by Crippen LogP contribution is -2.20. The first-order valence-electron chi connectivity index (χ1n) is 6.10. The Kier molecular flexibility index (Phi) is 5.40. The van der Waals surface area contributed by atoms with Crippen molar-refractivity contribution in [1.29, 1.82) is 0 Å². The maximum absolute atomic E-state index is 13.9. The van der Waals surface area contributed by atoms with Crippen molar-refractivity contribution in [3.63, 3.8) is 0 Å². The van der Waals surface area contributed by atoms with Crippen LogP contribution >= 0.6 is 23.4 Å². The topological polar surface area (TPSA) is 12.0 Å². The molecule has 0 bridgehead atoms. The molecule has 2 aromatic rings. The van der Waals surface area contributed by atoms with Crippen molar-refractivity contribution in [2.45, 2.75) is 10.9 Å². The highest BCUT2D eigenvalue weighted by Gasteiger charge is 2.14. The average molecular weight is 314 g/mol. The van der Waals surface area contributed by atoms with E-state index in [9.17, 15) is 8.78 Å². The molecule has 0 aliphatic heterocycles. The summed E-state index contributed by atoms with van der Waals surface area (Å²) >= 11 is 7.22. The van der Waals surface area contributed by atoms with Crippen molar-refractivity contribution >= 4 is 23.4 Å². The maximum Gasteiger partial charge on any atom is 0.129 e. The van der Waals surface area contributed by atoms with Gasteiger partial charge in [0, 0.05) is 27.3 Å². The summed E-state index contributed by atoms with van der Waals surface area (Å²) in [7, 11) is 1.77. The maximum atomic E-state index is 13.9. The number of hydrogen-bond donors (Lipinski definition) is 1. The quantitative estimate of drug-likeness (QED) is 0.805. The van der Waals surface area contributed by atoms with Crippen molar-refractivity contribution in [3.05, 3.63) is 64.7 Å². The third-order valence-electron chi connectivity index (χ3n) is 2.90. The van der Waals surface area contributed by atoms with E-state index in [2.05, 4.69) is 5.32 Å². The Balaban J connectivity index is 2.09. The summed E-state index contributed by atoms with van der Waals surface area (Å²) in [6.45, 7) is 0. The van der Waals surface area contributed by atoms with E-state index in [1.54, 1.807) is 25.2 Å². The fourth-order valence-corrected chi connectivity index (χ4v) is 3.08. The van der Waals surface area contributed by atoms with Gasteiger partial charge in [0.25, 0.3) is 0 Å². The number of nitrogens with one attached hydrogen (secondary N) is 1. The molecule has 1 atom stereocenters. The standard InChI is InChI=1S/C15H14ClF2NS/c1-19-15(13-6-5-10(16)7-14(13)18)9-20-12-4-2-3-11(17)8-12/h2-8,15,19H,9H2,1H3. The monoisotopic (exact) mass is 313 g/mol. The number of rotatable bonds is 5. The first-order chi connectivity index (χ1) is 9.60. The predicted molar refractivity (Wildman–Crippen MR) is 80.3 cm³/mol. The van der Waals surface area contributed by atoms with E-state index in [1.165, 1.54) is 30.0 Å². The molecule has 0 saturated carbocycles. The summed E-state index contributed by atoms with van der Waals surface area (Å²) in [6.07, 6.45) is 0. The summed E-state index contributed by atoms with van der Waals surface area (Å²) < 4.78 is 27.0. The van der Waals surface area contributed by atoms with Crippen molar-refractivity contribution in [3.8, 4) is 0 Å². The van der Waals surface area contributed by atoms with Crippen molar-refractivity contribution in [2.24, 2.45) is 0 Å². The van der Waals surface area contributed by atoms with E-state index in [4.69, 9.17) is 11.6 Å². The van der Waals surface area contributed by atoms with Crippen LogP contribution in [0.2, 0.25) is 5.02 Å². The normalized spacial score (nSPS) is 12.4. The molecule has 0 amide bonds. The molecule has 0 fully saturated rings. The van der Waals surface area contributed by atoms with Crippen LogP contribution in [0.15, 0.2) is 47.4 Å². The van der Waals surface area contributed by atoms with Crippen LogP contribution in [0, 0.1) is 11.6 Å². The lowest BCUT2D eigenvalue weighted by atomic mass is 10.1. The van der Waals surface area contributed by atoms with Gasteiger partial charge in [-0.3, -0.25) is 0 Å². The molecule has 0 spiro atoms. The minimum atomic E-state index is -0.336. The molecule has 106 valence electrons. The van der Waals surface area contributed by atoms with Crippen LogP contribution in [0.5, 0.6) is 0 Å². The van der Waals surface area contributed by atoms with Crippen molar-refractivity contribution < 1.29 is 8.78 Å². The molecule has 1 N–H and O–H groups in total. The van der Waals surface area contributed by atoms with Gasteiger partial charge in [-0.15, -0.1) is 11.8 Å². The third kappa shape index (κ3) is 3.95. The minimum Gasteiger partial charge on any atom is -0.312 e. The highest BCUT2D eigenvalue weighted by molar-refractivity contribution is 7.99. The van der Waals surface area contributed by atoms with Gasteiger partial charge < -0.3 is 5.32 Å². The largest absolute Gasteiger partial charge is 0.312 e. The molecule has 0 aliphatic carbocycles. The van der Waals surface area contributed by atoms with E-state index in [-0.39, 0.29) is 17.7 Å². The molecular weight excluding hydrogens is 300 g/mol. The third-order valence-corrected chi connectivity index (χ3v) is 4.22. The first-order valence-corrected chi connectivity index (χ1v) is 7.47. The SMILES string of the molecule is CNC(CSc1cccc(F)c1)c1ccc(Cl)cc1F. The predicted octanol–water partition coefficient (Wildman–Crippen LogP) is 4.67. The molecular formula is C15H14ClF2NS. The second-order valence-corrected chi connectivity index (χ2v) is 5.81. The fourth-order valence-electron chi connectivity index (χ4n) is 1.85. The lowest BCUT2D eigenvalue weighted by Gasteiger charge is -2.17. The van der Waals surface area contributed by atoms with Gasteiger partial charge in [-0.05, 0) is 37.4 Å². The Bertz CT molecular complexity index is 592. The van der Waals surface area contributed by atoms with Crippen LogP contribution in [0.1, 0.15) is 11.6 Å². The van der Waals surface area contributed by atoms with Gasteiger partial charge >= 0.3 is 0 Å². The second kappa shape index (κ2) is 7.07. The number of thioether (sulfide) groups is 1. The summed E-state index contributed by atoms with van der Waals surface area (Å²) in [5, 5.41) is 3.44. The van der Waals surface area contributed by atoms with Gasteiger partial charge in [-0.1, -0.05) is 23.7 Å². The molecule has 1 nitrogen and oxygen atoms in total. The van der Waals surface area contributed by atoms with Crippen LogP contribution in [0.3, 0.4) is 0 Å². The highest BCUT2D eigenvalue weighted by Crippen LogP contribution is 2.27. The van der Waals surface area contributed by atoms with E-state index in [1.807, 2.05) is 6.07 Å². The fraction of sp³-hybridized carbons (Fsp3) is 0.200. The zero-order valence-corrected chi connectivity index (χ0v) is 12.4. The molecule has 2 aromatic carbocycles. The molecule has 5 heteroatoms. The van der Waals surface area contributed by atoms with Gasteiger partial charge in [-0.25, -0.2) is 8.78 Å². The molecule has 2 rings (SSSR count). The van der Waals surface area contributed by atoms with Crippen LogP contribution in [-0.4, -0.2) is 12.8 Å². The molecule has 0 radical (unpaired) electrons. The zero-order chi connectivity index (χ0) is 14.5. The molecule has 0 aromatic heterocycles. The lowest BCUT2D eigenvalue weighted by molar-refractivity contribution is 0.565. The van der Waals surface area contributed by atoms with Crippen LogP contribution in [-0.2, 0) is 0 Å². The number of hydrogen-bond acceptors (Lipinski definition) is 2. The van der Waals surface area contributed by atoms with E-state index in [0.717, 1.165) is 4.90 Å². The molecule has 0 saturated heterocycles. The molecule has 0 heterocycles. The van der Waals surface area contributed by atoms with Crippen LogP contribution in [0.4, 0.5) is 8.78 Å². The summed E-state index contributed by atoms with van der Waals surface area (Å²) in [5.74, 6) is -0.0104. The van der Waals surface area contributed by atoms with Gasteiger partial charge in [0.2, 0.25) is 0 Å². The zero-order valence-electron chi connectivity index (χ0n) is 10.9. The van der Waals surface area contributed by atoms with Crippen molar-refractivity contribution in [1.82, 2.24) is 5.32 Å². The van der Waals surface area contributed by atoms with E-state index >= 15 is 0 Å². The van der Waals surface area contributed by atoms with Crippen LogP contribution < -0.4 is 5.32 Å². The molecule has 20 heavy (non-hydrogen) atoms. The Labute approximate surface area is 126 Å². The smallest absolute Gasteiger partial charge is 0.129 e. The van der Waals surface area contributed by atoms with Gasteiger partial charge in [-0.2, -0.15) is 0 Å². The average Bonchev–Trinajstić information content (AvgIpc) is 2.41. The Hall–Kier alpha value is -1.10. The summed E-state index contributed by atoms with van der Waals surface area (Å²) in [5.41, 5.74) is 0.556. The van der Waals surface area contributed by atoms with Crippen molar-refractivity contribution in [2.75, 3.05) is 12.8 Å². The summed E-state index contributed by atoms with van der Waals surface area (Å²) in [4.78, 5) is 0.819. The second-order valence-electron chi connectivity index (χ2n) is 4.28. The molecule has 0 aliphatic rings. The van der Waals surface area contributed by atoms with E-state index < -0.39 is 0 Å². The summed E-state index contributed by atoms with van der Waals surface area (Å²) in [6, 6.07) is 10.8. The van der Waals surface area contributed by atoms with Gasteiger partial charge in [0.15, 0.2) is 0 Å². The Morgan fingerprint density at radius 2 is 2.00 bits per heavy atom. The van der Waals surface area contributed by atoms with E-state index in [0.29, 0.717) is 16.3 Å². The van der Waals surface area contributed by atoms with Crippen LogP contribution in [0.25, 0.3) is 0 Å². The Morgan fingerprint density at radius 3 is 2.65 bits per heavy atom. The first kappa shape index (κ1) is 15.3. The number of benzene rings is 2. The minimum absolute atomic E-state index is 0.166. The highest BCUT2D eigenvalue weighted by atomic mass is 35.5.